The van der Waals surface area contributed by atoms with Gasteiger partial charge in [0.25, 0.3) is 0 Å². The van der Waals surface area contributed by atoms with E-state index in [1.165, 1.54) is 19.1 Å². The molecule has 0 aromatic heterocycles. The topological polar surface area (TPSA) is 66.5 Å². The number of carbonyl (C=O) groups excluding carboxylic acids is 1. The van der Waals surface area contributed by atoms with E-state index in [0.717, 1.165) is 30.5 Å². The van der Waals surface area contributed by atoms with Crippen LogP contribution >= 0.6 is 0 Å². The second-order valence-corrected chi connectivity index (χ2v) is 7.19. The molecule has 134 valence electrons. The van der Waals surface area contributed by atoms with Crippen LogP contribution in [0.2, 0.25) is 0 Å². The number of carbonyl (C=O) groups is 1. The van der Waals surface area contributed by atoms with Crippen LogP contribution in [0.4, 0.5) is 24.5 Å². The van der Waals surface area contributed by atoms with E-state index in [-0.39, 0.29) is 11.4 Å². The van der Waals surface area contributed by atoms with Gasteiger partial charge in [0.15, 0.2) is 0 Å². The molecule has 5 nitrogen and oxygen atoms in total. The van der Waals surface area contributed by atoms with Crippen molar-refractivity contribution in [3.05, 3.63) is 59.9 Å². The Balaban J connectivity index is 2.33. The maximum Gasteiger partial charge on any atom is 0.248 e. The van der Waals surface area contributed by atoms with Crippen LogP contribution in [0.25, 0.3) is 0 Å². The molecular formula is C16H15F3N2O3S. The summed E-state index contributed by atoms with van der Waals surface area (Å²) in [6.45, 7) is 1.27. The molecular weight excluding hydrogens is 357 g/mol. The molecule has 1 atom stereocenters. The second-order valence-electron chi connectivity index (χ2n) is 5.33. The van der Waals surface area contributed by atoms with Gasteiger partial charge in [-0.1, -0.05) is 6.07 Å². The smallest absolute Gasteiger partial charge is 0.248 e. The van der Waals surface area contributed by atoms with E-state index >= 15 is 0 Å². The van der Waals surface area contributed by atoms with Gasteiger partial charge in [-0.15, -0.1) is 0 Å². The fourth-order valence-electron chi connectivity index (χ4n) is 2.25. The van der Waals surface area contributed by atoms with Crippen molar-refractivity contribution < 1.29 is 26.4 Å². The molecule has 0 aliphatic carbocycles. The Labute approximate surface area is 143 Å². The number of benzene rings is 2. The minimum absolute atomic E-state index is 0.0512. The zero-order chi connectivity index (χ0) is 18.8. The number of nitrogens with one attached hydrogen (secondary N) is 1. The van der Waals surface area contributed by atoms with Crippen molar-refractivity contribution in [1.29, 1.82) is 0 Å². The minimum atomic E-state index is -3.94. The summed E-state index contributed by atoms with van der Waals surface area (Å²) in [4.78, 5) is 12.3. The number of halogens is 3. The van der Waals surface area contributed by atoms with E-state index in [1.807, 2.05) is 0 Å². The lowest BCUT2D eigenvalue weighted by molar-refractivity contribution is -0.116. The Bertz CT molecular complexity index is 903. The van der Waals surface area contributed by atoms with E-state index in [9.17, 15) is 26.4 Å². The van der Waals surface area contributed by atoms with Gasteiger partial charge in [-0.3, -0.25) is 9.10 Å². The Hall–Kier alpha value is -2.55. The number of hydrogen-bond donors (Lipinski definition) is 1. The molecule has 0 aliphatic heterocycles. The second kappa shape index (κ2) is 7.14. The summed E-state index contributed by atoms with van der Waals surface area (Å²) in [5.74, 6) is -3.36. The van der Waals surface area contributed by atoms with Crippen LogP contribution in [-0.2, 0) is 14.8 Å². The van der Waals surface area contributed by atoms with Crippen LogP contribution in [0, 0.1) is 17.5 Å². The zero-order valence-corrected chi connectivity index (χ0v) is 14.1. The molecule has 0 aliphatic rings. The Morgan fingerprint density at radius 1 is 1.08 bits per heavy atom. The Kier molecular flexibility index (Phi) is 5.36. The van der Waals surface area contributed by atoms with Crippen molar-refractivity contribution in [1.82, 2.24) is 0 Å². The lowest BCUT2D eigenvalue weighted by atomic mass is 10.2. The SMILES string of the molecule is CC(C(=O)Nc1ccc(F)cc1F)N(c1cccc(F)c1)S(C)(=O)=O. The number of anilines is 2. The van der Waals surface area contributed by atoms with Crippen molar-refractivity contribution in [3.63, 3.8) is 0 Å². The molecule has 1 amide bonds. The van der Waals surface area contributed by atoms with Gasteiger partial charge < -0.3 is 5.32 Å². The molecule has 0 bridgehead atoms. The van der Waals surface area contributed by atoms with Crippen molar-refractivity contribution in [2.24, 2.45) is 0 Å². The third-order valence-corrected chi connectivity index (χ3v) is 4.58. The third kappa shape index (κ3) is 4.50. The van der Waals surface area contributed by atoms with Gasteiger partial charge in [-0.05, 0) is 37.3 Å². The molecule has 2 aromatic rings. The number of hydrogen-bond acceptors (Lipinski definition) is 3. The highest BCUT2D eigenvalue weighted by Gasteiger charge is 2.29. The summed E-state index contributed by atoms with van der Waals surface area (Å²) >= 11 is 0. The standard InChI is InChI=1S/C16H15F3N2O3S/c1-10(16(22)20-15-7-6-12(18)9-14(15)19)21(25(2,23)24)13-5-3-4-11(17)8-13/h3-10H,1-2H3,(H,20,22). The molecule has 25 heavy (non-hydrogen) atoms. The zero-order valence-electron chi connectivity index (χ0n) is 13.3. The summed E-state index contributed by atoms with van der Waals surface area (Å²) in [7, 11) is -3.94. The maximum atomic E-state index is 13.6. The van der Waals surface area contributed by atoms with Crippen molar-refractivity contribution >= 4 is 27.3 Å². The van der Waals surface area contributed by atoms with Gasteiger partial charge in [0.1, 0.15) is 23.5 Å². The van der Waals surface area contributed by atoms with E-state index in [2.05, 4.69) is 5.32 Å². The molecule has 2 aromatic carbocycles. The van der Waals surface area contributed by atoms with E-state index < -0.39 is 39.4 Å². The lowest BCUT2D eigenvalue weighted by Crippen LogP contribution is -2.45. The average Bonchev–Trinajstić information content (AvgIpc) is 2.48. The molecule has 1 N–H and O–H groups in total. The quantitative estimate of drug-likeness (QED) is 0.878. The van der Waals surface area contributed by atoms with E-state index in [0.29, 0.717) is 10.4 Å². The van der Waals surface area contributed by atoms with Crippen molar-refractivity contribution in [3.8, 4) is 0 Å². The minimum Gasteiger partial charge on any atom is -0.322 e. The molecule has 9 heteroatoms. The van der Waals surface area contributed by atoms with Crippen LogP contribution in [-0.4, -0.2) is 26.6 Å². The van der Waals surface area contributed by atoms with Gasteiger partial charge in [-0.2, -0.15) is 0 Å². The van der Waals surface area contributed by atoms with Crippen molar-refractivity contribution in [2.75, 3.05) is 15.9 Å². The molecule has 0 radical (unpaired) electrons. The van der Waals surface area contributed by atoms with Gasteiger partial charge in [0.2, 0.25) is 15.9 Å². The Morgan fingerprint density at radius 2 is 1.72 bits per heavy atom. The third-order valence-electron chi connectivity index (χ3n) is 3.34. The summed E-state index contributed by atoms with van der Waals surface area (Å²) in [5, 5.41) is 2.19. The molecule has 0 saturated heterocycles. The highest BCUT2D eigenvalue weighted by molar-refractivity contribution is 7.92. The number of sulfonamides is 1. The van der Waals surface area contributed by atoms with Crippen LogP contribution in [0.1, 0.15) is 6.92 Å². The van der Waals surface area contributed by atoms with E-state index in [1.54, 1.807) is 0 Å². The predicted octanol–water partition coefficient (Wildman–Crippen LogP) is 2.90. The molecule has 0 saturated carbocycles. The van der Waals surface area contributed by atoms with Gasteiger partial charge in [-0.25, -0.2) is 21.6 Å². The highest BCUT2D eigenvalue weighted by atomic mass is 32.2. The summed E-state index contributed by atoms with van der Waals surface area (Å²) in [6.07, 6.45) is 0.861. The van der Waals surface area contributed by atoms with E-state index in [4.69, 9.17) is 0 Å². The number of nitrogens with zero attached hydrogens (tertiary/aromatic N) is 1. The summed E-state index contributed by atoms with van der Waals surface area (Å²) < 4.78 is 64.8. The van der Waals surface area contributed by atoms with Crippen LogP contribution in [0.5, 0.6) is 0 Å². The summed E-state index contributed by atoms with van der Waals surface area (Å²) in [6, 6.07) is 5.96. The van der Waals surface area contributed by atoms with Crippen LogP contribution in [0.3, 0.4) is 0 Å². The number of rotatable bonds is 5. The van der Waals surface area contributed by atoms with Crippen molar-refractivity contribution in [2.45, 2.75) is 13.0 Å². The first kappa shape index (κ1) is 18.8. The first-order valence-corrected chi connectivity index (χ1v) is 8.95. The van der Waals surface area contributed by atoms with Crippen LogP contribution in [0.15, 0.2) is 42.5 Å². The molecule has 0 heterocycles. The Morgan fingerprint density at radius 3 is 2.28 bits per heavy atom. The monoisotopic (exact) mass is 372 g/mol. The first-order chi connectivity index (χ1) is 11.6. The van der Waals surface area contributed by atoms with Crippen LogP contribution < -0.4 is 9.62 Å². The maximum absolute atomic E-state index is 13.6. The average molecular weight is 372 g/mol. The fraction of sp³-hybridized carbons (Fsp3) is 0.188. The fourth-order valence-corrected chi connectivity index (χ4v) is 3.42. The molecule has 0 spiro atoms. The van der Waals surface area contributed by atoms with Gasteiger partial charge >= 0.3 is 0 Å². The largest absolute Gasteiger partial charge is 0.322 e. The highest BCUT2D eigenvalue weighted by Crippen LogP contribution is 2.23. The molecule has 2 rings (SSSR count). The number of amides is 1. The van der Waals surface area contributed by atoms with Gasteiger partial charge in [0.05, 0.1) is 17.6 Å². The molecule has 1 unspecified atom stereocenters. The van der Waals surface area contributed by atoms with Gasteiger partial charge in [0, 0.05) is 6.07 Å². The molecule has 0 fully saturated rings. The summed E-state index contributed by atoms with van der Waals surface area (Å²) in [5.41, 5.74) is -0.351. The lowest BCUT2D eigenvalue weighted by Gasteiger charge is -2.28. The predicted molar refractivity (Wildman–Crippen MR) is 88.2 cm³/mol. The first-order valence-electron chi connectivity index (χ1n) is 7.10. The normalized spacial score (nSPS) is 12.5.